The first kappa shape index (κ1) is 13.6. The summed E-state index contributed by atoms with van der Waals surface area (Å²) in [7, 11) is 0. The Morgan fingerprint density at radius 2 is 1.79 bits per heavy atom. The maximum atomic E-state index is 12.5. The Balaban J connectivity index is 2.21. The van der Waals surface area contributed by atoms with Crippen LogP contribution in [0.2, 0.25) is 0 Å². The number of aromatic nitrogens is 2. The van der Waals surface area contributed by atoms with E-state index in [2.05, 4.69) is 10.2 Å². The van der Waals surface area contributed by atoms with Crippen LogP contribution in [0.15, 0.2) is 36.4 Å². The van der Waals surface area contributed by atoms with Crippen LogP contribution in [-0.2, 0) is 0 Å². The quantitative estimate of drug-likeness (QED) is 0.918. The monoisotopic (exact) mass is 260 g/mol. The van der Waals surface area contributed by atoms with E-state index in [1.807, 2.05) is 31.2 Å². The van der Waals surface area contributed by atoms with E-state index >= 15 is 0 Å². The lowest BCUT2D eigenvalue weighted by Crippen LogP contribution is -2.10. The molecule has 1 heterocycles. The van der Waals surface area contributed by atoms with Crippen molar-refractivity contribution in [3.05, 3.63) is 47.7 Å². The van der Waals surface area contributed by atoms with Gasteiger partial charge in [0.15, 0.2) is 0 Å². The Kier molecular flexibility index (Phi) is 4.22. The molecule has 2 rings (SSSR count). The summed E-state index contributed by atoms with van der Waals surface area (Å²) >= 11 is 0. The highest BCUT2D eigenvalue weighted by molar-refractivity contribution is 5.58. The number of hydrogen-bond acceptors (Lipinski definition) is 3. The normalized spacial score (nSPS) is 14.1. The molecule has 1 aromatic carbocycles. The summed E-state index contributed by atoms with van der Waals surface area (Å²) in [5.74, 6) is -0.398. The molecule has 1 N–H and O–H groups in total. The van der Waals surface area contributed by atoms with Crippen LogP contribution in [0.1, 0.15) is 24.3 Å². The molecule has 0 aliphatic heterocycles. The molecule has 0 spiro atoms. The van der Waals surface area contributed by atoms with Crippen molar-refractivity contribution in [2.75, 3.05) is 6.67 Å². The van der Waals surface area contributed by atoms with Crippen LogP contribution in [-0.4, -0.2) is 22.0 Å². The molecule has 0 amide bonds. The predicted octanol–water partition coefficient (Wildman–Crippen LogP) is 3.09. The minimum atomic E-state index is -0.775. The lowest BCUT2D eigenvalue weighted by atomic mass is 9.97. The molecule has 2 aromatic rings. The van der Waals surface area contributed by atoms with Crippen molar-refractivity contribution in [3.63, 3.8) is 0 Å². The highest BCUT2D eigenvalue weighted by atomic mass is 19.1. The molecule has 0 radical (unpaired) electrons. The molecule has 19 heavy (non-hydrogen) atoms. The van der Waals surface area contributed by atoms with Gasteiger partial charge in [0.25, 0.3) is 0 Å². The zero-order valence-corrected chi connectivity index (χ0v) is 11.0. The Bertz CT molecular complexity index is 525. The summed E-state index contributed by atoms with van der Waals surface area (Å²) < 4.78 is 12.5. The van der Waals surface area contributed by atoms with E-state index in [9.17, 15) is 9.50 Å². The van der Waals surface area contributed by atoms with Gasteiger partial charge in [-0.2, -0.15) is 10.2 Å². The lowest BCUT2D eigenvalue weighted by Gasteiger charge is -2.16. The lowest BCUT2D eigenvalue weighted by molar-refractivity contribution is 0.102. The van der Waals surface area contributed by atoms with Crippen molar-refractivity contribution in [1.82, 2.24) is 10.2 Å². The summed E-state index contributed by atoms with van der Waals surface area (Å²) in [5.41, 5.74) is 3.29. The zero-order valence-electron chi connectivity index (χ0n) is 11.0. The number of rotatable bonds is 4. The van der Waals surface area contributed by atoms with Gasteiger partial charge in [0.05, 0.1) is 24.2 Å². The van der Waals surface area contributed by atoms with Crippen LogP contribution < -0.4 is 0 Å². The number of hydrogen-bond donors (Lipinski definition) is 1. The van der Waals surface area contributed by atoms with Gasteiger partial charge in [0.1, 0.15) is 0 Å². The Morgan fingerprint density at radius 1 is 1.11 bits per heavy atom. The van der Waals surface area contributed by atoms with E-state index in [0.717, 1.165) is 17.0 Å². The standard InChI is InChI=1S/C15H17FN2O/c1-10(9-16)15(19)13-6-4-12(5-7-13)14-8-3-11(2)17-18-14/h3-8,10,15,19H,9H2,1-2H3/t10-,15+/m1/s1. The van der Waals surface area contributed by atoms with Gasteiger partial charge >= 0.3 is 0 Å². The maximum absolute atomic E-state index is 12.5. The van der Waals surface area contributed by atoms with E-state index < -0.39 is 18.7 Å². The molecule has 0 unspecified atom stereocenters. The molecule has 100 valence electrons. The van der Waals surface area contributed by atoms with E-state index in [-0.39, 0.29) is 0 Å². The van der Waals surface area contributed by atoms with Crippen molar-refractivity contribution in [1.29, 1.82) is 0 Å². The molecular weight excluding hydrogens is 243 g/mol. The van der Waals surface area contributed by atoms with E-state index in [4.69, 9.17) is 0 Å². The zero-order chi connectivity index (χ0) is 13.8. The highest BCUT2D eigenvalue weighted by Gasteiger charge is 2.16. The molecule has 0 saturated carbocycles. The molecule has 0 saturated heterocycles. The topological polar surface area (TPSA) is 46.0 Å². The van der Waals surface area contributed by atoms with Gasteiger partial charge < -0.3 is 5.11 Å². The first-order valence-corrected chi connectivity index (χ1v) is 6.26. The minimum Gasteiger partial charge on any atom is -0.388 e. The molecule has 3 nitrogen and oxygen atoms in total. The average Bonchev–Trinajstić information content (AvgIpc) is 2.46. The van der Waals surface area contributed by atoms with E-state index in [1.54, 1.807) is 19.1 Å². The van der Waals surface area contributed by atoms with Crippen LogP contribution >= 0.6 is 0 Å². The van der Waals surface area contributed by atoms with Crippen LogP contribution in [0.3, 0.4) is 0 Å². The maximum Gasteiger partial charge on any atom is 0.0948 e. The molecular formula is C15H17FN2O. The van der Waals surface area contributed by atoms with Gasteiger partial charge in [0, 0.05) is 11.5 Å². The van der Waals surface area contributed by atoms with Gasteiger partial charge in [-0.05, 0) is 24.6 Å². The number of nitrogens with zero attached hydrogens (tertiary/aromatic N) is 2. The van der Waals surface area contributed by atoms with Crippen molar-refractivity contribution in [2.45, 2.75) is 20.0 Å². The average molecular weight is 260 g/mol. The molecule has 0 bridgehead atoms. The fraction of sp³-hybridized carbons (Fsp3) is 0.333. The summed E-state index contributed by atoms with van der Waals surface area (Å²) in [6, 6.07) is 11.1. The van der Waals surface area contributed by atoms with Gasteiger partial charge in [0.2, 0.25) is 0 Å². The van der Waals surface area contributed by atoms with Crippen molar-refractivity contribution >= 4 is 0 Å². The number of alkyl halides is 1. The van der Waals surface area contributed by atoms with Crippen LogP contribution in [0, 0.1) is 12.8 Å². The number of halogens is 1. The van der Waals surface area contributed by atoms with Gasteiger partial charge in [-0.3, -0.25) is 4.39 Å². The second-order valence-electron chi connectivity index (χ2n) is 4.76. The SMILES string of the molecule is Cc1ccc(-c2ccc([C@@H](O)[C@H](C)CF)cc2)nn1. The second kappa shape index (κ2) is 5.89. The van der Waals surface area contributed by atoms with E-state index in [0.29, 0.717) is 5.56 Å². The fourth-order valence-corrected chi connectivity index (χ4v) is 1.82. The van der Waals surface area contributed by atoms with Gasteiger partial charge in [-0.15, -0.1) is 0 Å². The van der Waals surface area contributed by atoms with Crippen molar-refractivity contribution in [3.8, 4) is 11.3 Å². The van der Waals surface area contributed by atoms with Crippen LogP contribution in [0.25, 0.3) is 11.3 Å². The third-order valence-corrected chi connectivity index (χ3v) is 3.13. The molecule has 0 fully saturated rings. The number of aliphatic hydroxyl groups is 1. The minimum absolute atomic E-state index is 0.398. The summed E-state index contributed by atoms with van der Waals surface area (Å²) in [4.78, 5) is 0. The Hall–Kier alpha value is -1.81. The fourth-order valence-electron chi connectivity index (χ4n) is 1.82. The third kappa shape index (κ3) is 3.15. The number of aliphatic hydroxyl groups excluding tert-OH is 1. The molecule has 4 heteroatoms. The predicted molar refractivity (Wildman–Crippen MR) is 72.3 cm³/mol. The third-order valence-electron chi connectivity index (χ3n) is 3.13. The molecule has 1 aromatic heterocycles. The Morgan fingerprint density at radius 3 is 2.32 bits per heavy atom. The molecule has 2 atom stereocenters. The van der Waals surface area contributed by atoms with Gasteiger partial charge in [-0.25, -0.2) is 0 Å². The van der Waals surface area contributed by atoms with Crippen LogP contribution in [0.4, 0.5) is 4.39 Å². The first-order chi connectivity index (χ1) is 9.11. The second-order valence-corrected chi connectivity index (χ2v) is 4.76. The van der Waals surface area contributed by atoms with Crippen molar-refractivity contribution in [2.24, 2.45) is 5.92 Å². The van der Waals surface area contributed by atoms with Crippen molar-refractivity contribution < 1.29 is 9.50 Å². The highest BCUT2D eigenvalue weighted by Crippen LogP contribution is 2.24. The smallest absolute Gasteiger partial charge is 0.0948 e. The first-order valence-electron chi connectivity index (χ1n) is 6.26. The molecule has 0 aliphatic rings. The number of benzene rings is 1. The Labute approximate surface area is 112 Å². The molecule has 0 aliphatic carbocycles. The van der Waals surface area contributed by atoms with Gasteiger partial charge in [-0.1, -0.05) is 31.2 Å². The largest absolute Gasteiger partial charge is 0.388 e. The summed E-state index contributed by atoms with van der Waals surface area (Å²) in [5, 5.41) is 18.0. The van der Waals surface area contributed by atoms with E-state index in [1.165, 1.54) is 0 Å². The van der Waals surface area contributed by atoms with Crippen LogP contribution in [0.5, 0.6) is 0 Å². The summed E-state index contributed by atoms with van der Waals surface area (Å²) in [6.45, 7) is 3.03. The summed E-state index contributed by atoms with van der Waals surface area (Å²) in [6.07, 6.45) is -0.775. The number of aryl methyl sites for hydroxylation is 1.